The summed E-state index contributed by atoms with van der Waals surface area (Å²) >= 11 is 0. The molecule has 22 heavy (non-hydrogen) atoms. The third-order valence-corrected chi connectivity index (χ3v) is 4.13. The summed E-state index contributed by atoms with van der Waals surface area (Å²) in [5.74, 6) is 0. The van der Waals surface area contributed by atoms with Crippen molar-refractivity contribution < 1.29 is 0 Å². The van der Waals surface area contributed by atoms with E-state index in [1.54, 1.807) is 4.68 Å². The van der Waals surface area contributed by atoms with E-state index in [0.717, 1.165) is 28.9 Å². The Morgan fingerprint density at radius 3 is 2.36 bits per heavy atom. The van der Waals surface area contributed by atoms with Crippen LogP contribution in [0.15, 0.2) is 53.3 Å². The molecule has 0 radical (unpaired) electrons. The Morgan fingerprint density at radius 2 is 1.73 bits per heavy atom. The van der Waals surface area contributed by atoms with Gasteiger partial charge >= 0.3 is 0 Å². The van der Waals surface area contributed by atoms with Crippen LogP contribution in [0.5, 0.6) is 0 Å². The molecule has 0 amide bonds. The molecule has 0 fully saturated rings. The van der Waals surface area contributed by atoms with E-state index < -0.39 is 0 Å². The van der Waals surface area contributed by atoms with Crippen molar-refractivity contribution in [3.8, 4) is 16.8 Å². The van der Waals surface area contributed by atoms with Crippen molar-refractivity contribution in [2.45, 2.75) is 27.2 Å². The number of aryl methyl sites for hydroxylation is 3. The van der Waals surface area contributed by atoms with E-state index >= 15 is 0 Å². The first-order valence-corrected chi connectivity index (χ1v) is 7.58. The first-order valence-electron chi connectivity index (χ1n) is 7.58. The van der Waals surface area contributed by atoms with Gasteiger partial charge in [0.1, 0.15) is 0 Å². The molecule has 3 heteroatoms. The average molecular weight is 292 g/mol. The lowest BCUT2D eigenvalue weighted by Gasteiger charge is -2.05. The Labute approximate surface area is 130 Å². The Balaban J connectivity index is 2.21. The maximum Gasteiger partial charge on any atom is 0.279 e. The van der Waals surface area contributed by atoms with Gasteiger partial charge in [0, 0.05) is 5.69 Å². The van der Waals surface area contributed by atoms with E-state index in [1.165, 1.54) is 11.1 Å². The zero-order chi connectivity index (χ0) is 15.7. The summed E-state index contributed by atoms with van der Waals surface area (Å²) in [5.41, 5.74) is 5.98. The maximum absolute atomic E-state index is 12.9. The molecule has 0 aliphatic heterocycles. The van der Waals surface area contributed by atoms with Crippen molar-refractivity contribution in [1.82, 2.24) is 9.78 Å². The van der Waals surface area contributed by atoms with Crippen LogP contribution in [0.1, 0.15) is 23.7 Å². The molecule has 3 rings (SSSR count). The number of nitrogens with one attached hydrogen (secondary N) is 1. The van der Waals surface area contributed by atoms with Crippen LogP contribution in [0.4, 0.5) is 0 Å². The van der Waals surface area contributed by atoms with Crippen LogP contribution in [0, 0.1) is 13.8 Å². The SMILES string of the molecule is CCc1[nH]n(-c2ccc(C)c(C)c2)c(=O)c1-c1ccccc1. The fourth-order valence-electron chi connectivity index (χ4n) is 2.69. The fraction of sp³-hybridized carbons (Fsp3) is 0.211. The molecule has 3 nitrogen and oxygen atoms in total. The predicted octanol–water partition coefficient (Wildman–Crippen LogP) is 4.01. The molecular weight excluding hydrogens is 272 g/mol. The highest BCUT2D eigenvalue weighted by Crippen LogP contribution is 2.21. The highest BCUT2D eigenvalue weighted by Gasteiger charge is 2.15. The summed E-state index contributed by atoms with van der Waals surface area (Å²) in [7, 11) is 0. The highest BCUT2D eigenvalue weighted by atomic mass is 16.1. The van der Waals surface area contributed by atoms with E-state index in [-0.39, 0.29) is 5.56 Å². The number of H-pyrrole nitrogens is 1. The fourth-order valence-corrected chi connectivity index (χ4v) is 2.69. The smallest absolute Gasteiger partial charge is 0.279 e. The largest absolute Gasteiger partial charge is 0.294 e. The van der Waals surface area contributed by atoms with Crippen molar-refractivity contribution in [1.29, 1.82) is 0 Å². The van der Waals surface area contributed by atoms with Crippen LogP contribution in [0.3, 0.4) is 0 Å². The second-order valence-corrected chi connectivity index (χ2v) is 5.59. The van der Waals surface area contributed by atoms with Crippen molar-refractivity contribution in [2.75, 3.05) is 0 Å². The summed E-state index contributed by atoms with van der Waals surface area (Å²) < 4.78 is 1.65. The lowest BCUT2D eigenvalue weighted by atomic mass is 10.1. The lowest BCUT2D eigenvalue weighted by Crippen LogP contribution is -2.15. The molecule has 0 bridgehead atoms. The van der Waals surface area contributed by atoms with Gasteiger partial charge in [0.25, 0.3) is 5.56 Å². The van der Waals surface area contributed by atoms with E-state index in [9.17, 15) is 4.79 Å². The summed E-state index contributed by atoms with van der Waals surface area (Å²) in [6.07, 6.45) is 0.789. The first-order chi connectivity index (χ1) is 10.6. The normalized spacial score (nSPS) is 10.9. The van der Waals surface area contributed by atoms with Gasteiger partial charge in [0.15, 0.2) is 0 Å². The molecule has 0 aliphatic rings. The first kappa shape index (κ1) is 14.4. The van der Waals surface area contributed by atoms with Gasteiger partial charge in [-0.1, -0.05) is 43.3 Å². The molecule has 3 aromatic rings. The summed E-state index contributed by atoms with van der Waals surface area (Å²) in [5, 5.41) is 3.27. The predicted molar refractivity (Wildman–Crippen MR) is 90.7 cm³/mol. The molecule has 0 spiro atoms. The van der Waals surface area contributed by atoms with Crippen molar-refractivity contribution >= 4 is 0 Å². The molecular formula is C19H20N2O. The van der Waals surface area contributed by atoms with Gasteiger partial charge in [-0.25, -0.2) is 4.68 Å². The summed E-state index contributed by atoms with van der Waals surface area (Å²) in [6, 6.07) is 15.9. The van der Waals surface area contributed by atoms with E-state index in [2.05, 4.69) is 25.9 Å². The van der Waals surface area contributed by atoms with Gasteiger partial charge in [-0.3, -0.25) is 9.89 Å². The summed E-state index contributed by atoms with van der Waals surface area (Å²) in [6.45, 7) is 6.19. The third-order valence-electron chi connectivity index (χ3n) is 4.13. The second kappa shape index (κ2) is 5.68. The molecule has 0 unspecified atom stereocenters. The number of hydrogen-bond acceptors (Lipinski definition) is 1. The van der Waals surface area contributed by atoms with E-state index in [1.807, 2.05) is 48.5 Å². The summed E-state index contributed by atoms with van der Waals surface area (Å²) in [4.78, 5) is 12.9. The molecule has 1 heterocycles. The molecule has 1 aromatic heterocycles. The Bertz CT molecular complexity index is 857. The van der Waals surface area contributed by atoms with Gasteiger partial charge in [-0.2, -0.15) is 0 Å². The number of hydrogen-bond donors (Lipinski definition) is 1. The average Bonchev–Trinajstić information content (AvgIpc) is 2.87. The van der Waals surface area contributed by atoms with E-state index in [4.69, 9.17) is 0 Å². The van der Waals surface area contributed by atoms with Crippen molar-refractivity contribution in [3.63, 3.8) is 0 Å². The molecule has 0 aliphatic carbocycles. The molecule has 0 saturated carbocycles. The molecule has 1 N–H and O–H groups in total. The number of aromatic amines is 1. The lowest BCUT2D eigenvalue weighted by molar-refractivity contribution is 0.818. The van der Waals surface area contributed by atoms with Crippen LogP contribution < -0.4 is 5.56 Å². The van der Waals surface area contributed by atoms with Gasteiger partial charge in [0.05, 0.1) is 11.3 Å². The van der Waals surface area contributed by atoms with Gasteiger partial charge in [-0.05, 0) is 49.1 Å². The van der Waals surface area contributed by atoms with Crippen molar-refractivity contribution in [2.24, 2.45) is 0 Å². The van der Waals surface area contributed by atoms with Crippen molar-refractivity contribution in [3.05, 3.63) is 75.7 Å². The minimum Gasteiger partial charge on any atom is -0.294 e. The van der Waals surface area contributed by atoms with Crippen LogP contribution in [0.25, 0.3) is 16.8 Å². The van der Waals surface area contributed by atoms with E-state index in [0.29, 0.717) is 0 Å². The Kier molecular flexibility index (Phi) is 3.72. The van der Waals surface area contributed by atoms with Crippen LogP contribution in [0.2, 0.25) is 0 Å². The molecule has 112 valence electrons. The van der Waals surface area contributed by atoms with Crippen LogP contribution >= 0.6 is 0 Å². The Hall–Kier alpha value is -2.55. The second-order valence-electron chi connectivity index (χ2n) is 5.59. The zero-order valence-corrected chi connectivity index (χ0v) is 13.2. The molecule has 2 aromatic carbocycles. The minimum atomic E-state index is 0.00584. The van der Waals surface area contributed by atoms with Gasteiger partial charge < -0.3 is 0 Å². The standard InChI is InChI=1S/C19H20N2O/c1-4-17-18(15-8-6-5-7-9-15)19(22)21(20-17)16-11-10-13(2)14(3)12-16/h5-12,20H,4H2,1-3H3. The number of benzene rings is 2. The van der Waals surface area contributed by atoms with Gasteiger partial charge in [0.2, 0.25) is 0 Å². The molecule has 0 saturated heterocycles. The molecule has 0 atom stereocenters. The topological polar surface area (TPSA) is 37.8 Å². The number of rotatable bonds is 3. The van der Waals surface area contributed by atoms with Crippen LogP contribution in [-0.2, 0) is 6.42 Å². The monoisotopic (exact) mass is 292 g/mol. The maximum atomic E-state index is 12.9. The minimum absolute atomic E-state index is 0.00584. The van der Waals surface area contributed by atoms with Gasteiger partial charge in [-0.15, -0.1) is 0 Å². The zero-order valence-electron chi connectivity index (χ0n) is 13.2. The van der Waals surface area contributed by atoms with Crippen LogP contribution in [-0.4, -0.2) is 9.78 Å². The Morgan fingerprint density at radius 1 is 1.00 bits per heavy atom. The number of aromatic nitrogens is 2. The highest BCUT2D eigenvalue weighted by molar-refractivity contribution is 5.65. The number of nitrogens with zero attached hydrogens (tertiary/aromatic N) is 1. The quantitative estimate of drug-likeness (QED) is 0.778. The third kappa shape index (κ3) is 2.39.